The Bertz CT molecular complexity index is 71.6. The Hall–Kier alpha value is -0.790. The normalized spacial score (nSPS) is 11.2. The van der Waals surface area contributed by atoms with Crippen molar-refractivity contribution in [3.8, 4) is 0 Å². The molecule has 6 heavy (non-hydrogen) atoms. The van der Waals surface area contributed by atoms with Gasteiger partial charge in [0.1, 0.15) is 0 Å². The maximum absolute atomic E-state index is 11.3. The smallest absolute Gasteiger partial charge is 0.184 e. The molecule has 1 nitrogen and oxygen atoms in total. The van der Waals surface area contributed by atoms with Gasteiger partial charge in [0.15, 0.2) is 5.95 Å². The van der Waals surface area contributed by atoms with Crippen LogP contribution < -0.4 is 5.73 Å². The molecule has 0 atom stereocenters. The van der Waals surface area contributed by atoms with Gasteiger partial charge >= 0.3 is 0 Å². The molecule has 0 saturated heterocycles. The fraction of sp³-hybridized carbons (Fsp3) is 0. The van der Waals surface area contributed by atoms with E-state index < -0.39 is 5.95 Å². The van der Waals surface area contributed by atoms with Crippen LogP contribution in [0.25, 0.3) is 0 Å². The van der Waals surface area contributed by atoms with Gasteiger partial charge in [0.05, 0.1) is 0 Å². The second-order valence-electron chi connectivity index (χ2n) is 0.787. The van der Waals surface area contributed by atoms with Crippen LogP contribution in [0.3, 0.4) is 0 Å². The van der Waals surface area contributed by atoms with Crippen LogP contribution in [-0.4, -0.2) is 0 Å². The summed E-state index contributed by atoms with van der Waals surface area (Å²) in [7, 11) is 0. The topological polar surface area (TPSA) is 26.0 Å². The predicted octanol–water partition coefficient (Wildman–Crippen LogP) is 0.942. The Balaban J connectivity index is 3.41. The average Bonchev–Trinajstić information content (AvgIpc) is 1.35. The lowest BCUT2D eigenvalue weighted by molar-refractivity contribution is 0.627. The molecular formula is C4H6FN. The van der Waals surface area contributed by atoms with Crippen molar-refractivity contribution in [2.45, 2.75) is 0 Å². The quantitative estimate of drug-likeness (QED) is 0.374. The Morgan fingerprint density at radius 2 is 2.33 bits per heavy atom. The molecule has 0 aliphatic carbocycles. The number of rotatable bonds is 1. The number of halogens is 1. The zero-order chi connectivity index (χ0) is 4.99. The lowest BCUT2D eigenvalue weighted by atomic mass is 10.6. The second-order valence-corrected chi connectivity index (χ2v) is 0.787. The minimum absolute atomic E-state index is 0.704. The molecule has 2 heteroatoms. The first-order chi connectivity index (χ1) is 2.77. The third kappa shape index (κ3) is 3.21. The van der Waals surface area contributed by atoms with Gasteiger partial charge in [0, 0.05) is 0 Å². The lowest BCUT2D eigenvalue weighted by Gasteiger charge is -1.72. The summed E-state index contributed by atoms with van der Waals surface area (Å²) in [6.07, 6.45) is 2.37. The third-order valence-electron chi connectivity index (χ3n) is 0.277. The SMILES string of the molecule is C=C/C=C(\N)F. The summed E-state index contributed by atoms with van der Waals surface area (Å²) in [5.74, 6) is -0.704. The first-order valence-corrected chi connectivity index (χ1v) is 1.51. The zero-order valence-electron chi connectivity index (χ0n) is 3.32. The molecule has 0 fully saturated rings. The minimum atomic E-state index is -0.704. The summed E-state index contributed by atoms with van der Waals surface area (Å²) in [4.78, 5) is 0. The van der Waals surface area contributed by atoms with Gasteiger partial charge in [-0.25, -0.2) is 0 Å². The molecule has 0 amide bonds. The van der Waals surface area contributed by atoms with Crippen molar-refractivity contribution in [3.05, 3.63) is 24.7 Å². The summed E-state index contributed by atoms with van der Waals surface area (Å²) >= 11 is 0. The van der Waals surface area contributed by atoms with Gasteiger partial charge in [-0.05, 0) is 6.08 Å². The Labute approximate surface area is 36.0 Å². The molecule has 0 bridgehead atoms. The van der Waals surface area contributed by atoms with Crippen molar-refractivity contribution < 1.29 is 4.39 Å². The molecule has 0 spiro atoms. The standard InChI is InChI=1S/C4H6FN/c1-2-3-4(5)6/h2-3H,1,6H2/b4-3-. The molecular weight excluding hydrogens is 81.0 g/mol. The molecule has 0 unspecified atom stereocenters. The highest BCUT2D eigenvalue weighted by atomic mass is 19.1. The van der Waals surface area contributed by atoms with Crippen LogP contribution in [0.2, 0.25) is 0 Å². The van der Waals surface area contributed by atoms with Gasteiger partial charge < -0.3 is 5.73 Å². The van der Waals surface area contributed by atoms with Crippen LogP contribution >= 0.6 is 0 Å². The monoisotopic (exact) mass is 87.0 g/mol. The largest absolute Gasteiger partial charge is 0.376 e. The maximum Gasteiger partial charge on any atom is 0.184 e. The van der Waals surface area contributed by atoms with Crippen LogP contribution in [0.1, 0.15) is 0 Å². The number of hydrogen-bond acceptors (Lipinski definition) is 1. The van der Waals surface area contributed by atoms with Crippen LogP contribution in [0.4, 0.5) is 4.39 Å². The van der Waals surface area contributed by atoms with Crippen molar-refractivity contribution in [3.63, 3.8) is 0 Å². The predicted molar refractivity (Wildman–Crippen MR) is 23.6 cm³/mol. The Morgan fingerprint density at radius 3 is 2.33 bits per heavy atom. The van der Waals surface area contributed by atoms with E-state index >= 15 is 0 Å². The van der Waals surface area contributed by atoms with Gasteiger partial charge in [-0.3, -0.25) is 0 Å². The molecule has 0 saturated carbocycles. The Morgan fingerprint density at radius 1 is 1.83 bits per heavy atom. The van der Waals surface area contributed by atoms with E-state index in [4.69, 9.17) is 0 Å². The van der Waals surface area contributed by atoms with E-state index in [9.17, 15) is 4.39 Å². The molecule has 0 aromatic heterocycles. The maximum atomic E-state index is 11.3. The molecule has 0 radical (unpaired) electrons. The highest BCUT2D eigenvalue weighted by molar-refractivity contribution is 4.99. The van der Waals surface area contributed by atoms with Gasteiger partial charge in [0.25, 0.3) is 0 Å². The fourth-order valence-electron chi connectivity index (χ4n) is 0.113. The number of hydrogen-bond donors (Lipinski definition) is 1. The summed E-state index contributed by atoms with van der Waals surface area (Å²) < 4.78 is 11.3. The molecule has 2 N–H and O–H groups in total. The molecule has 0 aromatic rings. The first-order valence-electron chi connectivity index (χ1n) is 1.51. The number of allylic oxidation sites excluding steroid dienone is 2. The van der Waals surface area contributed by atoms with E-state index in [2.05, 4.69) is 12.3 Å². The van der Waals surface area contributed by atoms with E-state index in [1.807, 2.05) is 0 Å². The highest BCUT2D eigenvalue weighted by Gasteiger charge is 1.69. The minimum Gasteiger partial charge on any atom is -0.376 e. The second kappa shape index (κ2) is 2.45. The average molecular weight is 87.1 g/mol. The van der Waals surface area contributed by atoms with Crippen LogP contribution in [0, 0.1) is 0 Å². The van der Waals surface area contributed by atoms with Gasteiger partial charge in [-0.2, -0.15) is 4.39 Å². The van der Waals surface area contributed by atoms with Gasteiger partial charge in [-0.1, -0.05) is 12.7 Å². The van der Waals surface area contributed by atoms with Crippen molar-refractivity contribution in [1.82, 2.24) is 0 Å². The molecule has 0 aliphatic heterocycles. The highest BCUT2D eigenvalue weighted by Crippen LogP contribution is 1.80. The van der Waals surface area contributed by atoms with E-state index in [1.54, 1.807) is 0 Å². The van der Waals surface area contributed by atoms with Crippen molar-refractivity contribution >= 4 is 0 Å². The lowest BCUT2D eigenvalue weighted by Crippen LogP contribution is -1.84. The zero-order valence-corrected chi connectivity index (χ0v) is 3.32. The van der Waals surface area contributed by atoms with Crippen LogP contribution in [0.15, 0.2) is 24.7 Å². The summed E-state index contributed by atoms with van der Waals surface area (Å²) in [5, 5.41) is 0. The van der Waals surface area contributed by atoms with Crippen molar-refractivity contribution in [1.29, 1.82) is 0 Å². The van der Waals surface area contributed by atoms with E-state index in [0.29, 0.717) is 0 Å². The van der Waals surface area contributed by atoms with E-state index in [-0.39, 0.29) is 0 Å². The van der Waals surface area contributed by atoms with Crippen molar-refractivity contribution in [2.24, 2.45) is 5.73 Å². The van der Waals surface area contributed by atoms with Gasteiger partial charge in [-0.15, -0.1) is 0 Å². The molecule has 34 valence electrons. The molecule has 0 rings (SSSR count). The summed E-state index contributed by atoms with van der Waals surface area (Å²) in [6.45, 7) is 3.20. The van der Waals surface area contributed by atoms with E-state index in [1.165, 1.54) is 6.08 Å². The van der Waals surface area contributed by atoms with Crippen LogP contribution in [-0.2, 0) is 0 Å². The fourth-order valence-corrected chi connectivity index (χ4v) is 0.113. The molecule has 0 aliphatic rings. The summed E-state index contributed by atoms with van der Waals surface area (Å²) in [5.41, 5.74) is 4.53. The number of nitrogens with two attached hydrogens (primary N) is 1. The van der Waals surface area contributed by atoms with Crippen molar-refractivity contribution in [2.75, 3.05) is 0 Å². The van der Waals surface area contributed by atoms with Gasteiger partial charge in [0.2, 0.25) is 0 Å². The molecule has 0 aromatic carbocycles. The first kappa shape index (κ1) is 5.21. The molecule has 0 heterocycles. The third-order valence-corrected chi connectivity index (χ3v) is 0.277. The summed E-state index contributed by atoms with van der Waals surface area (Å²) in [6, 6.07) is 0. The van der Waals surface area contributed by atoms with Crippen LogP contribution in [0.5, 0.6) is 0 Å². The van der Waals surface area contributed by atoms with E-state index in [0.717, 1.165) is 6.08 Å². The Kier molecular flexibility index (Phi) is 2.13.